The Labute approximate surface area is 114 Å². The number of hydrogen-bond donors (Lipinski definition) is 2. The van der Waals surface area contributed by atoms with Crippen LogP contribution in [0.25, 0.3) is 10.8 Å². The number of aliphatic imine (C=N–C) groups is 1. The van der Waals surface area contributed by atoms with E-state index in [0.29, 0.717) is 5.17 Å². The molecular formula is C14H12N2O2S. The summed E-state index contributed by atoms with van der Waals surface area (Å²) in [5.41, 5.74) is 0.272. The molecule has 3 rings (SSSR count). The number of hydrogen-bond acceptors (Lipinski definition) is 4. The maximum Gasteiger partial charge on any atom is 0.260 e. The van der Waals surface area contributed by atoms with Gasteiger partial charge in [-0.3, -0.25) is 9.79 Å². The molecule has 0 aromatic heterocycles. The van der Waals surface area contributed by atoms with E-state index in [0.717, 1.165) is 23.1 Å². The maximum atomic E-state index is 12.1. The van der Waals surface area contributed by atoms with Crippen LogP contribution in [0.15, 0.2) is 41.4 Å². The highest BCUT2D eigenvalue weighted by atomic mass is 32.2. The lowest BCUT2D eigenvalue weighted by molar-refractivity contribution is 0.0975. The fourth-order valence-electron chi connectivity index (χ4n) is 1.99. The summed E-state index contributed by atoms with van der Waals surface area (Å²) >= 11 is 1.51. The number of amides is 1. The van der Waals surface area contributed by atoms with Crippen molar-refractivity contribution in [3.63, 3.8) is 0 Å². The van der Waals surface area contributed by atoms with Gasteiger partial charge < -0.3 is 10.4 Å². The summed E-state index contributed by atoms with van der Waals surface area (Å²) in [5, 5.41) is 15.1. The molecule has 0 aliphatic carbocycles. The van der Waals surface area contributed by atoms with Gasteiger partial charge in [0.1, 0.15) is 5.75 Å². The molecule has 1 amide bonds. The van der Waals surface area contributed by atoms with Crippen molar-refractivity contribution in [2.45, 2.75) is 0 Å². The summed E-state index contributed by atoms with van der Waals surface area (Å²) in [6.45, 7) is 0.726. The van der Waals surface area contributed by atoms with Crippen LogP contribution in [0.3, 0.4) is 0 Å². The Balaban J connectivity index is 1.95. The summed E-state index contributed by atoms with van der Waals surface area (Å²) < 4.78 is 0. The monoisotopic (exact) mass is 272 g/mol. The number of nitrogens with one attached hydrogen (secondary N) is 1. The van der Waals surface area contributed by atoms with Crippen molar-refractivity contribution >= 4 is 33.6 Å². The number of carbonyl (C=O) groups excluding carboxylic acids is 1. The highest BCUT2D eigenvalue weighted by molar-refractivity contribution is 8.14. The number of rotatable bonds is 1. The van der Waals surface area contributed by atoms with Crippen LogP contribution >= 0.6 is 11.8 Å². The number of amidine groups is 1. The molecular weight excluding hydrogens is 260 g/mol. The van der Waals surface area contributed by atoms with Gasteiger partial charge in [0, 0.05) is 5.75 Å². The molecule has 0 unspecified atom stereocenters. The van der Waals surface area contributed by atoms with Crippen LogP contribution in [0.2, 0.25) is 0 Å². The first-order chi connectivity index (χ1) is 9.24. The zero-order valence-corrected chi connectivity index (χ0v) is 10.9. The molecule has 2 aromatic carbocycles. The number of thioether (sulfide) groups is 1. The fraction of sp³-hybridized carbons (Fsp3) is 0.143. The molecule has 0 radical (unpaired) electrons. The van der Waals surface area contributed by atoms with Crippen molar-refractivity contribution in [3.8, 4) is 5.75 Å². The molecule has 0 bridgehead atoms. The SMILES string of the molecule is O=C(NC1=NCCS1)c1cc2ccccc2cc1O. The number of fused-ring (bicyclic) bond motifs is 1. The van der Waals surface area contributed by atoms with Crippen LogP contribution in [0.4, 0.5) is 0 Å². The minimum absolute atomic E-state index is 0.0141. The van der Waals surface area contributed by atoms with E-state index < -0.39 is 0 Å². The number of phenols is 1. The van der Waals surface area contributed by atoms with E-state index in [9.17, 15) is 9.90 Å². The molecule has 4 nitrogen and oxygen atoms in total. The van der Waals surface area contributed by atoms with Gasteiger partial charge in [-0.15, -0.1) is 0 Å². The summed E-state index contributed by atoms with van der Waals surface area (Å²) in [4.78, 5) is 16.3. The van der Waals surface area contributed by atoms with Crippen molar-refractivity contribution in [2.24, 2.45) is 4.99 Å². The Morgan fingerprint density at radius 2 is 2.00 bits per heavy atom. The topological polar surface area (TPSA) is 61.7 Å². The Morgan fingerprint density at radius 3 is 2.68 bits per heavy atom. The molecule has 1 heterocycles. The van der Waals surface area contributed by atoms with E-state index in [1.54, 1.807) is 12.1 Å². The molecule has 5 heteroatoms. The molecule has 2 N–H and O–H groups in total. The summed E-state index contributed by atoms with van der Waals surface area (Å²) in [7, 11) is 0. The fourth-order valence-corrected chi connectivity index (χ4v) is 2.71. The Morgan fingerprint density at radius 1 is 1.26 bits per heavy atom. The van der Waals surface area contributed by atoms with E-state index in [2.05, 4.69) is 10.3 Å². The lowest BCUT2D eigenvalue weighted by Crippen LogP contribution is -2.27. The zero-order valence-electron chi connectivity index (χ0n) is 10.1. The number of nitrogens with zero attached hydrogens (tertiary/aromatic N) is 1. The van der Waals surface area contributed by atoms with Gasteiger partial charge in [0.15, 0.2) is 5.17 Å². The lowest BCUT2D eigenvalue weighted by Gasteiger charge is -2.07. The lowest BCUT2D eigenvalue weighted by atomic mass is 10.1. The molecule has 19 heavy (non-hydrogen) atoms. The summed E-state index contributed by atoms with van der Waals surface area (Å²) in [6.07, 6.45) is 0. The predicted octanol–water partition coefficient (Wildman–Crippen LogP) is 2.38. The third-order valence-corrected chi connectivity index (χ3v) is 3.81. The Kier molecular flexibility index (Phi) is 3.13. The highest BCUT2D eigenvalue weighted by Gasteiger charge is 2.16. The van der Waals surface area contributed by atoms with Crippen molar-refractivity contribution in [2.75, 3.05) is 12.3 Å². The number of benzene rings is 2. The first-order valence-electron chi connectivity index (χ1n) is 5.94. The first kappa shape index (κ1) is 12.0. The molecule has 0 saturated carbocycles. The summed E-state index contributed by atoms with van der Waals surface area (Å²) in [5.74, 6) is 0.551. The second kappa shape index (κ2) is 4.93. The van der Waals surface area contributed by atoms with Crippen LogP contribution in [-0.2, 0) is 0 Å². The largest absolute Gasteiger partial charge is 0.507 e. The van der Waals surface area contributed by atoms with Gasteiger partial charge in [0.05, 0.1) is 12.1 Å². The summed E-state index contributed by atoms with van der Waals surface area (Å²) in [6, 6.07) is 10.9. The first-order valence-corrected chi connectivity index (χ1v) is 6.93. The van der Waals surface area contributed by atoms with E-state index >= 15 is 0 Å². The molecule has 0 saturated heterocycles. The standard InChI is InChI=1S/C14H12N2O2S/c17-12-8-10-4-2-1-3-9(10)7-11(12)13(18)16-14-15-5-6-19-14/h1-4,7-8,17H,5-6H2,(H,15,16,18). The second-order valence-electron chi connectivity index (χ2n) is 4.21. The Bertz CT molecular complexity index is 682. The van der Waals surface area contributed by atoms with Crippen LogP contribution in [0.5, 0.6) is 5.75 Å². The minimum Gasteiger partial charge on any atom is -0.507 e. The molecule has 0 fully saturated rings. The van der Waals surface area contributed by atoms with Gasteiger partial charge in [-0.05, 0) is 22.9 Å². The van der Waals surface area contributed by atoms with Gasteiger partial charge >= 0.3 is 0 Å². The zero-order chi connectivity index (χ0) is 13.2. The number of aromatic hydroxyl groups is 1. The molecule has 2 aromatic rings. The average molecular weight is 272 g/mol. The molecule has 1 aliphatic rings. The van der Waals surface area contributed by atoms with Crippen molar-refractivity contribution in [1.29, 1.82) is 0 Å². The van der Waals surface area contributed by atoms with Crippen LogP contribution < -0.4 is 5.32 Å². The van der Waals surface area contributed by atoms with Crippen molar-refractivity contribution in [3.05, 3.63) is 42.0 Å². The van der Waals surface area contributed by atoms with Gasteiger partial charge in [0.25, 0.3) is 5.91 Å². The number of carbonyl (C=O) groups is 1. The maximum absolute atomic E-state index is 12.1. The smallest absolute Gasteiger partial charge is 0.260 e. The Hall–Kier alpha value is -2.01. The van der Waals surface area contributed by atoms with E-state index in [1.165, 1.54) is 11.8 Å². The van der Waals surface area contributed by atoms with Crippen LogP contribution in [0, 0.1) is 0 Å². The van der Waals surface area contributed by atoms with Crippen LogP contribution in [-0.4, -0.2) is 28.5 Å². The third kappa shape index (κ3) is 2.42. The van der Waals surface area contributed by atoms with E-state index in [1.807, 2.05) is 24.3 Å². The van der Waals surface area contributed by atoms with Crippen molar-refractivity contribution in [1.82, 2.24) is 5.32 Å². The molecule has 96 valence electrons. The quantitative estimate of drug-likeness (QED) is 0.838. The van der Waals surface area contributed by atoms with Gasteiger partial charge in [-0.2, -0.15) is 0 Å². The van der Waals surface area contributed by atoms with Gasteiger partial charge in [-0.1, -0.05) is 36.0 Å². The molecule has 0 spiro atoms. The molecule has 1 aliphatic heterocycles. The van der Waals surface area contributed by atoms with Crippen LogP contribution in [0.1, 0.15) is 10.4 Å². The molecule has 0 atom stereocenters. The van der Waals surface area contributed by atoms with E-state index in [4.69, 9.17) is 0 Å². The number of phenolic OH excluding ortho intramolecular Hbond substituents is 1. The minimum atomic E-state index is -0.323. The van der Waals surface area contributed by atoms with E-state index in [-0.39, 0.29) is 17.2 Å². The average Bonchev–Trinajstić information content (AvgIpc) is 2.90. The van der Waals surface area contributed by atoms with Crippen molar-refractivity contribution < 1.29 is 9.90 Å². The van der Waals surface area contributed by atoms with Gasteiger partial charge in [0.2, 0.25) is 0 Å². The van der Waals surface area contributed by atoms with Gasteiger partial charge in [-0.25, -0.2) is 0 Å². The highest BCUT2D eigenvalue weighted by Crippen LogP contribution is 2.25. The third-order valence-electron chi connectivity index (χ3n) is 2.91. The predicted molar refractivity (Wildman–Crippen MR) is 77.8 cm³/mol. The second-order valence-corrected chi connectivity index (χ2v) is 5.29. The normalized spacial score (nSPS) is 14.4.